The van der Waals surface area contributed by atoms with Crippen LogP contribution < -0.4 is 14.8 Å². The van der Waals surface area contributed by atoms with Gasteiger partial charge in [0.05, 0.1) is 12.1 Å². The summed E-state index contributed by atoms with van der Waals surface area (Å²) in [4.78, 5) is 16.9. The number of rotatable bonds is 6. The molecule has 0 saturated carbocycles. The third-order valence-corrected chi connectivity index (χ3v) is 4.86. The van der Waals surface area contributed by atoms with Crippen LogP contribution in [0.2, 0.25) is 5.02 Å². The van der Waals surface area contributed by atoms with Crippen LogP contribution in [0.15, 0.2) is 65.1 Å². The van der Waals surface area contributed by atoms with E-state index >= 15 is 0 Å². The van der Waals surface area contributed by atoms with Gasteiger partial charge in [-0.2, -0.15) is 0 Å². The van der Waals surface area contributed by atoms with Crippen molar-refractivity contribution in [2.24, 2.45) is 0 Å². The van der Waals surface area contributed by atoms with E-state index in [0.717, 1.165) is 11.1 Å². The number of aryl methyl sites for hydroxylation is 1. The zero-order valence-corrected chi connectivity index (χ0v) is 17.2. The van der Waals surface area contributed by atoms with E-state index in [1.165, 1.54) is 0 Å². The fourth-order valence-electron chi connectivity index (χ4n) is 2.94. The van der Waals surface area contributed by atoms with E-state index in [4.69, 9.17) is 25.5 Å². The molecule has 30 heavy (non-hydrogen) atoms. The lowest BCUT2D eigenvalue weighted by Gasteiger charge is -2.11. The molecule has 152 valence electrons. The molecule has 0 aliphatic rings. The van der Waals surface area contributed by atoms with Crippen LogP contribution in [0.4, 0.5) is 5.69 Å². The first-order valence-corrected chi connectivity index (χ1v) is 9.64. The van der Waals surface area contributed by atoms with Gasteiger partial charge in [0.25, 0.3) is 5.91 Å². The molecule has 1 N–H and O–H groups in total. The number of benzene rings is 3. The van der Waals surface area contributed by atoms with Gasteiger partial charge in [-0.1, -0.05) is 29.8 Å². The molecule has 0 unspecified atom stereocenters. The maximum atomic E-state index is 12.4. The Morgan fingerprint density at radius 3 is 2.77 bits per heavy atom. The number of methoxy groups -OCH3 is 1. The topological polar surface area (TPSA) is 73.6 Å². The number of carbonyl (C=O) groups excluding carboxylic acids is 1. The Bertz CT molecular complexity index is 1220. The molecular formula is C23H19ClN2O4. The summed E-state index contributed by atoms with van der Waals surface area (Å²) < 4.78 is 16.6. The molecule has 0 aliphatic carbocycles. The van der Waals surface area contributed by atoms with E-state index in [1.807, 2.05) is 43.3 Å². The number of aromatic nitrogens is 1. The van der Waals surface area contributed by atoms with Crippen molar-refractivity contribution < 1.29 is 18.7 Å². The zero-order valence-electron chi connectivity index (χ0n) is 16.4. The van der Waals surface area contributed by atoms with E-state index in [1.54, 1.807) is 31.4 Å². The highest BCUT2D eigenvalue weighted by Gasteiger charge is 2.13. The van der Waals surface area contributed by atoms with Gasteiger partial charge in [0.2, 0.25) is 5.89 Å². The standard InChI is InChI=1S/C23H19ClN2O4/c1-14-7-8-15(23-26-19-12-16(28-2)9-10-21(19)30-23)11-18(14)25-22(27)13-29-20-6-4-3-5-17(20)24/h3-12H,13H2,1-2H3,(H,25,27). The summed E-state index contributed by atoms with van der Waals surface area (Å²) in [6, 6.07) is 18.1. The highest BCUT2D eigenvalue weighted by molar-refractivity contribution is 6.32. The van der Waals surface area contributed by atoms with E-state index in [9.17, 15) is 4.79 Å². The van der Waals surface area contributed by atoms with E-state index in [2.05, 4.69) is 10.3 Å². The van der Waals surface area contributed by atoms with E-state index in [0.29, 0.717) is 39.2 Å². The zero-order chi connectivity index (χ0) is 21.1. The van der Waals surface area contributed by atoms with Crippen molar-refractivity contribution >= 4 is 34.3 Å². The summed E-state index contributed by atoms with van der Waals surface area (Å²) in [6.45, 7) is 1.75. The lowest BCUT2D eigenvalue weighted by molar-refractivity contribution is -0.118. The highest BCUT2D eigenvalue weighted by Crippen LogP contribution is 2.29. The quantitative estimate of drug-likeness (QED) is 0.445. The summed E-state index contributed by atoms with van der Waals surface area (Å²) in [5.41, 5.74) is 3.66. The van der Waals surface area contributed by atoms with Crippen molar-refractivity contribution in [3.05, 3.63) is 71.2 Å². The maximum absolute atomic E-state index is 12.4. The van der Waals surface area contributed by atoms with Crippen molar-refractivity contribution in [3.8, 4) is 23.0 Å². The fraction of sp³-hybridized carbons (Fsp3) is 0.130. The Labute approximate surface area is 178 Å². The number of fused-ring (bicyclic) bond motifs is 1. The summed E-state index contributed by atoms with van der Waals surface area (Å²) in [7, 11) is 1.60. The number of para-hydroxylation sites is 1. The molecule has 0 atom stereocenters. The molecule has 3 aromatic carbocycles. The van der Waals surface area contributed by atoms with Gasteiger partial charge in [-0.3, -0.25) is 4.79 Å². The molecule has 0 spiro atoms. The number of oxazole rings is 1. The number of amides is 1. The lowest BCUT2D eigenvalue weighted by Crippen LogP contribution is -2.20. The van der Waals surface area contributed by atoms with Crippen LogP contribution in [0.1, 0.15) is 5.56 Å². The number of halogens is 1. The molecule has 1 amide bonds. The van der Waals surface area contributed by atoms with E-state index in [-0.39, 0.29) is 12.5 Å². The highest BCUT2D eigenvalue weighted by atomic mass is 35.5. The monoisotopic (exact) mass is 422 g/mol. The third kappa shape index (κ3) is 4.23. The fourth-order valence-corrected chi connectivity index (χ4v) is 3.13. The van der Waals surface area contributed by atoms with Crippen LogP contribution in [-0.4, -0.2) is 24.6 Å². The van der Waals surface area contributed by atoms with Crippen LogP contribution in [0, 0.1) is 6.92 Å². The summed E-state index contributed by atoms with van der Waals surface area (Å²) >= 11 is 6.05. The van der Waals surface area contributed by atoms with Gasteiger partial charge in [0.1, 0.15) is 17.0 Å². The number of carbonyl (C=O) groups is 1. The second-order valence-electron chi connectivity index (χ2n) is 6.65. The normalized spacial score (nSPS) is 10.8. The second-order valence-corrected chi connectivity index (χ2v) is 7.06. The minimum atomic E-state index is -0.294. The third-order valence-electron chi connectivity index (χ3n) is 4.55. The predicted octanol–water partition coefficient (Wildman–Crippen LogP) is 5.48. The number of hydrogen-bond donors (Lipinski definition) is 1. The molecule has 4 aromatic rings. The number of nitrogens with one attached hydrogen (secondary N) is 1. The van der Waals surface area contributed by atoms with Gasteiger partial charge < -0.3 is 19.2 Å². The molecule has 0 bridgehead atoms. The van der Waals surface area contributed by atoms with Crippen LogP contribution in [0.5, 0.6) is 11.5 Å². The first-order chi connectivity index (χ1) is 14.5. The van der Waals surface area contributed by atoms with E-state index < -0.39 is 0 Å². The minimum absolute atomic E-state index is 0.157. The number of ether oxygens (including phenoxy) is 2. The van der Waals surface area contributed by atoms with Crippen molar-refractivity contribution in [2.45, 2.75) is 6.92 Å². The molecular weight excluding hydrogens is 404 g/mol. The van der Waals surface area contributed by atoms with Gasteiger partial charge in [-0.25, -0.2) is 4.98 Å². The Hall–Kier alpha value is -3.51. The van der Waals surface area contributed by atoms with Crippen LogP contribution in [0.25, 0.3) is 22.6 Å². The van der Waals surface area contributed by atoms with Crippen molar-refractivity contribution in [1.82, 2.24) is 4.98 Å². The minimum Gasteiger partial charge on any atom is -0.497 e. The molecule has 0 radical (unpaired) electrons. The SMILES string of the molecule is COc1ccc2oc(-c3ccc(C)c(NC(=O)COc4ccccc4Cl)c3)nc2c1. The van der Waals surface area contributed by atoms with Crippen LogP contribution >= 0.6 is 11.6 Å². The van der Waals surface area contributed by atoms with Gasteiger partial charge in [-0.15, -0.1) is 0 Å². The average molecular weight is 423 g/mol. The first kappa shape index (κ1) is 19.8. The molecule has 7 heteroatoms. The summed E-state index contributed by atoms with van der Waals surface area (Å²) in [5.74, 6) is 1.33. The Balaban J connectivity index is 1.52. The molecule has 0 aliphatic heterocycles. The first-order valence-electron chi connectivity index (χ1n) is 9.26. The lowest BCUT2D eigenvalue weighted by atomic mass is 10.1. The molecule has 0 fully saturated rings. The second kappa shape index (κ2) is 8.47. The Morgan fingerprint density at radius 2 is 1.97 bits per heavy atom. The van der Waals surface area contributed by atoms with Gasteiger partial charge in [0, 0.05) is 17.3 Å². The predicted molar refractivity (Wildman–Crippen MR) is 116 cm³/mol. The van der Waals surface area contributed by atoms with Crippen LogP contribution in [-0.2, 0) is 4.79 Å². The largest absolute Gasteiger partial charge is 0.497 e. The summed E-state index contributed by atoms with van der Waals surface area (Å²) in [6.07, 6.45) is 0. The van der Waals surface area contributed by atoms with Crippen molar-refractivity contribution in [3.63, 3.8) is 0 Å². The number of nitrogens with zero attached hydrogens (tertiary/aromatic N) is 1. The number of hydrogen-bond acceptors (Lipinski definition) is 5. The smallest absolute Gasteiger partial charge is 0.262 e. The van der Waals surface area contributed by atoms with Crippen LogP contribution in [0.3, 0.4) is 0 Å². The van der Waals surface area contributed by atoms with Crippen molar-refractivity contribution in [1.29, 1.82) is 0 Å². The van der Waals surface area contributed by atoms with Gasteiger partial charge >= 0.3 is 0 Å². The van der Waals surface area contributed by atoms with Gasteiger partial charge in [-0.05, 0) is 48.9 Å². The molecule has 4 rings (SSSR count). The Morgan fingerprint density at radius 1 is 1.13 bits per heavy atom. The van der Waals surface area contributed by atoms with Gasteiger partial charge in [0.15, 0.2) is 12.2 Å². The molecule has 0 saturated heterocycles. The Kier molecular flexibility index (Phi) is 5.59. The molecule has 1 heterocycles. The molecule has 6 nitrogen and oxygen atoms in total. The molecule has 1 aromatic heterocycles. The number of anilines is 1. The van der Waals surface area contributed by atoms with Crippen molar-refractivity contribution in [2.75, 3.05) is 19.0 Å². The average Bonchev–Trinajstić information content (AvgIpc) is 3.18. The summed E-state index contributed by atoms with van der Waals surface area (Å²) in [5, 5.41) is 3.32. The maximum Gasteiger partial charge on any atom is 0.262 e.